The molecule has 0 saturated heterocycles. The number of nitrogens with one attached hydrogen (secondary N) is 2. The smallest absolute Gasteiger partial charge is 0.405 e. The zero-order valence-electron chi connectivity index (χ0n) is 9.53. The number of urea groups is 1. The molecule has 6 nitrogen and oxygen atoms in total. The van der Waals surface area contributed by atoms with E-state index in [4.69, 9.17) is 10.9 Å². The van der Waals surface area contributed by atoms with Crippen molar-refractivity contribution in [2.45, 2.75) is 6.18 Å². The van der Waals surface area contributed by atoms with Gasteiger partial charge in [-0.2, -0.15) is 13.2 Å². The van der Waals surface area contributed by atoms with Gasteiger partial charge in [0.1, 0.15) is 6.54 Å². The molecule has 0 spiro atoms. The van der Waals surface area contributed by atoms with Crippen LogP contribution in [0.25, 0.3) is 0 Å². The molecule has 0 bridgehead atoms. The Hall–Kier alpha value is -2.45. The van der Waals surface area contributed by atoms with Crippen LogP contribution >= 0.6 is 0 Å². The van der Waals surface area contributed by atoms with E-state index < -0.39 is 18.8 Å². The van der Waals surface area contributed by atoms with Crippen molar-refractivity contribution < 1.29 is 23.2 Å². The molecule has 9 heteroatoms. The Labute approximate surface area is 106 Å². The summed E-state index contributed by atoms with van der Waals surface area (Å²) >= 11 is 0. The molecular formula is C10H11F3N4O2. The Morgan fingerprint density at radius 1 is 1.42 bits per heavy atom. The van der Waals surface area contributed by atoms with E-state index in [1.165, 1.54) is 24.3 Å². The Bertz CT molecular complexity index is 488. The van der Waals surface area contributed by atoms with Crippen LogP contribution in [0.4, 0.5) is 23.7 Å². The molecule has 0 aliphatic heterocycles. The van der Waals surface area contributed by atoms with Crippen molar-refractivity contribution in [3.8, 4) is 0 Å². The van der Waals surface area contributed by atoms with E-state index in [9.17, 15) is 18.0 Å². The maximum atomic E-state index is 11.9. The van der Waals surface area contributed by atoms with Crippen LogP contribution in [0.5, 0.6) is 0 Å². The van der Waals surface area contributed by atoms with E-state index in [1.807, 2.05) is 0 Å². The number of amidine groups is 1. The lowest BCUT2D eigenvalue weighted by atomic mass is 10.2. The minimum Gasteiger partial charge on any atom is -0.409 e. The molecule has 0 heterocycles. The molecule has 0 aliphatic rings. The minimum absolute atomic E-state index is 0.181. The second kappa shape index (κ2) is 5.94. The van der Waals surface area contributed by atoms with Crippen molar-refractivity contribution in [2.24, 2.45) is 10.9 Å². The molecule has 19 heavy (non-hydrogen) atoms. The summed E-state index contributed by atoms with van der Waals surface area (Å²) in [6, 6.07) is 4.79. The zero-order chi connectivity index (χ0) is 14.5. The predicted octanol–water partition coefficient (Wildman–Crippen LogP) is 1.46. The first-order valence-corrected chi connectivity index (χ1v) is 5.01. The standard InChI is InChI=1S/C10H11F3N4O2/c11-10(12,13)5-15-9(18)16-7-3-1-2-6(4-7)8(14)17-19/h1-4,19H,5H2,(H2,14,17)(H2,15,16,18). The van der Waals surface area contributed by atoms with E-state index in [1.54, 1.807) is 5.32 Å². The number of oxime groups is 1. The molecule has 1 aromatic rings. The van der Waals surface area contributed by atoms with Gasteiger partial charge in [0, 0.05) is 11.3 Å². The number of hydrogen-bond acceptors (Lipinski definition) is 3. The lowest BCUT2D eigenvalue weighted by Gasteiger charge is -2.10. The summed E-state index contributed by atoms with van der Waals surface area (Å²) in [6.45, 7) is -1.43. The number of halogens is 3. The maximum Gasteiger partial charge on any atom is 0.405 e. The third kappa shape index (κ3) is 5.15. The molecule has 0 saturated carbocycles. The minimum atomic E-state index is -4.48. The average molecular weight is 276 g/mol. The first-order valence-electron chi connectivity index (χ1n) is 5.01. The van der Waals surface area contributed by atoms with Gasteiger partial charge in [0.25, 0.3) is 0 Å². The second-order valence-corrected chi connectivity index (χ2v) is 3.49. The molecule has 0 fully saturated rings. The first kappa shape index (κ1) is 14.6. The van der Waals surface area contributed by atoms with Gasteiger partial charge in [-0.15, -0.1) is 0 Å². The SMILES string of the molecule is N/C(=N/O)c1cccc(NC(=O)NCC(F)(F)F)c1. The lowest BCUT2D eigenvalue weighted by molar-refractivity contribution is -0.122. The number of benzene rings is 1. The largest absolute Gasteiger partial charge is 0.409 e. The van der Waals surface area contributed by atoms with E-state index >= 15 is 0 Å². The molecule has 1 aromatic carbocycles. The highest BCUT2D eigenvalue weighted by molar-refractivity contribution is 5.99. The molecule has 0 unspecified atom stereocenters. The van der Waals surface area contributed by atoms with Crippen LogP contribution in [-0.2, 0) is 0 Å². The molecule has 0 aliphatic carbocycles. The van der Waals surface area contributed by atoms with Gasteiger partial charge in [-0.1, -0.05) is 17.3 Å². The highest BCUT2D eigenvalue weighted by Crippen LogP contribution is 2.13. The number of amides is 2. The zero-order valence-corrected chi connectivity index (χ0v) is 9.53. The fourth-order valence-electron chi connectivity index (χ4n) is 1.17. The Morgan fingerprint density at radius 3 is 2.68 bits per heavy atom. The Morgan fingerprint density at radius 2 is 2.11 bits per heavy atom. The van der Waals surface area contributed by atoms with Crippen molar-refractivity contribution in [1.82, 2.24) is 5.32 Å². The number of hydrogen-bond donors (Lipinski definition) is 4. The molecule has 104 valence electrons. The van der Waals surface area contributed by atoms with Crippen LogP contribution in [0, 0.1) is 0 Å². The van der Waals surface area contributed by atoms with Crippen LogP contribution in [0.15, 0.2) is 29.4 Å². The van der Waals surface area contributed by atoms with Gasteiger partial charge in [0.2, 0.25) is 0 Å². The monoisotopic (exact) mass is 276 g/mol. The fourth-order valence-corrected chi connectivity index (χ4v) is 1.17. The quantitative estimate of drug-likeness (QED) is 0.291. The van der Waals surface area contributed by atoms with Crippen LogP contribution in [0.3, 0.4) is 0 Å². The van der Waals surface area contributed by atoms with E-state index in [-0.39, 0.29) is 11.5 Å². The summed E-state index contributed by atoms with van der Waals surface area (Å²) in [6.07, 6.45) is -4.48. The van der Waals surface area contributed by atoms with Crippen molar-refractivity contribution in [2.75, 3.05) is 11.9 Å². The number of carbonyl (C=O) groups is 1. The third-order valence-electron chi connectivity index (χ3n) is 1.97. The second-order valence-electron chi connectivity index (χ2n) is 3.49. The van der Waals surface area contributed by atoms with Gasteiger partial charge >= 0.3 is 12.2 Å². The van der Waals surface area contributed by atoms with Gasteiger partial charge < -0.3 is 21.6 Å². The number of anilines is 1. The Balaban J connectivity index is 2.65. The fraction of sp³-hybridized carbons (Fsp3) is 0.200. The number of rotatable bonds is 3. The molecule has 5 N–H and O–H groups in total. The number of nitrogens with zero attached hydrogens (tertiary/aromatic N) is 1. The van der Waals surface area contributed by atoms with Crippen molar-refractivity contribution in [3.63, 3.8) is 0 Å². The molecular weight excluding hydrogens is 265 g/mol. The summed E-state index contributed by atoms with van der Waals surface area (Å²) in [5.41, 5.74) is 5.86. The first-order chi connectivity index (χ1) is 8.81. The predicted molar refractivity (Wildman–Crippen MR) is 62.0 cm³/mol. The third-order valence-corrected chi connectivity index (χ3v) is 1.97. The van der Waals surface area contributed by atoms with Crippen molar-refractivity contribution in [1.29, 1.82) is 0 Å². The number of nitrogens with two attached hydrogens (primary N) is 1. The van der Waals surface area contributed by atoms with E-state index in [0.717, 1.165) is 0 Å². The molecule has 0 atom stereocenters. The molecule has 2 amide bonds. The molecule has 1 rings (SSSR count). The van der Waals surface area contributed by atoms with Crippen molar-refractivity contribution in [3.05, 3.63) is 29.8 Å². The lowest BCUT2D eigenvalue weighted by Crippen LogP contribution is -2.36. The highest BCUT2D eigenvalue weighted by atomic mass is 19.4. The average Bonchev–Trinajstić information content (AvgIpc) is 2.35. The molecule has 0 radical (unpaired) electrons. The van der Waals surface area contributed by atoms with Gasteiger partial charge in [-0.25, -0.2) is 4.79 Å². The highest BCUT2D eigenvalue weighted by Gasteiger charge is 2.27. The summed E-state index contributed by atoms with van der Waals surface area (Å²) in [5, 5.41) is 15.1. The Kier molecular flexibility index (Phi) is 4.56. The van der Waals surface area contributed by atoms with Crippen LogP contribution in [0.2, 0.25) is 0 Å². The summed E-state index contributed by atoms with van der Waals surface area (Å²) in [7, 11) is 0. The maximum absolute atomic E-state index is 11.9. The van der Waals surface area contributed by atoms with Gasteiger partial charge in [0.05, 0.1) is 0 Å². The topological polar surface area (TPSA) is 99.7 Å². The summed E-state index contributed by atoms with van der Waals surface area (Å²) < 4.78 is 35.6. The summed E-state index contributed by atoms with van der Waals surface area (Å²) in [4.78, 5) is 11.2. The van der Waals surface area contributed by atoms with Gasteiger partial charge in [-0.05, 0) is 12.1 Å². The van der Waals surface area contributed by atoms with Crippen LogP contribution < -0.4 is 16.4 Å². The number of carbonyl (C=O) groups excluding carboxylic acids is 1. The molecule has 0 aromatic heterocycles. The van der Waals surface area contributed by atoms with E-state index in [2.05, 4.69) is 10.5 Å². The van der Waals surface area contributed by atoms with Gasteiger partial charge in [-0.3, -0.25) is 0 Å². The van der Waals surface area contributed by atoms with E-state index in [0.29, 0.717) is 5.56 Å². The van der Waals surface area contributed by atoms with Crippen LogP contribution in [-0.4, -0.2) is 29.8 Å². The normalized spacial score (nSPS) is 12.1. The number of alkyl halides is 3. The summed E-state index contributed by atoms with van der Waals surface area (Å²) in [5.74, 6) is -0.181. The van der Waals surface area contributed by atoms with Gasteiger partial charge in [0.15, 0.2) is 5.84 Å². The van der Waals surface area contributed by atoms with Crippen LogP contribution in [0.1, 0.15) is 5.56 Å². The van der Waals surface area contributed by atoms with Crippen molar-refractivity contribution >= 4 is 17.6 Å².